The number of amides is 4. The van der Waals surface area contributed by atoms with E-state index < -0.39 is 33.5 Å². The summed E-state index contributed by atoms with van der Waals surface area (Å²) in [6.07, 6.45) is 1.08. The van der Waals surface area contributed by atoms with Crippen molar-refractivity contribution in [1.82, 2.24) is 10.6 Å². The van der Waals surface area contributed by atoms with Crippen LogP contribution in [-0.2, 0) is 19.7 Å². The number of urea groups is 1. The molecule has 1 aliphatic heterocycles. The summed E-state index contributed by atoms with van der Waals surface area (Å²) in [4.78, 5) is 34.8. The molecule has 1 saturated heterocycles. The molecule has 8 nitrogen and oxygen atoms in total. The zero-order chi connectivity index (χ0) is 19.6. The molecule has 1 fully saturated rings. The Morgan fingerprint density at radius 1 is 0.926 bits per heavy atom. The van der Waals surface area contributed by atoms with E-state index in [2.05, 4.69) is 0 Å². The van der Waals surface area contributed by atoms with Crippen LogP contribution in [-0.4, -0.2) is 26.3 Å². The Balaban J connectivity index is 2.02. The first-order valence-electron chi connectivity index (χ1n) is 7.44. The molecule has 0 aromatic heterocycles. The number of imide groups is 2. The Labute approximate surface area is 158 Å². The van der Waals surface area contributed by atoms with Crippen molar-refractivity contribution in [3.8, 4) is 5.75 Å². The molecule has 0 radical (unpaired) electrons. The number of hydrogen-bond donors (Lipinski definition) is 2. The van der Waals surface area contributed by atoms with Crippen LogP contribution < -0.4 is 14.8 Å². The Bertz CT molecular complexity index is 1060. The van der Waals surface area contributed by atoms with Gasteiger partial charge in [0.05, 0.1) is 0 Å². The largest absolute Gasteiger partial charge is 0.378 e. The molecule has 0 unspecified atom stereocenters. The van der Waals surface area contributed by atoms with E-state index in [0.717, 1.165) is 6.08 Å². The number of barbiturate groups is 1. The van der Waals surface area contributed by atoms with Crippen LogP contribution in [0.25, 0.3) is 6.08 Å². The standard InChI is InChI=1S/C17H11ClN2O6S/c18-11-6-7-14(26-27(24,25)12-4-2-1-3-5-12)10(8-11)9-13-15(21)19-17(23)20-16(13)22/h1-9H,(H2,19,20,21,22,23). The lowest BCUT2D eigenvalue weighted by Gasteiger charge is -2.15. The lowest BCUT2D eigenvalue weighted by molar-refractivity contribution is -0.123. The van der Waals surface area contributed by atoms with Gasteiger partial charge in [0.2, 0.25) is 0 Å². The van der Waals surface area contributed by atoms with E-state index in [9.17, 15) is 22.8 Å². The molecule has 27 heavy (non-hydrogen) atoms. The van der Waals surface area contributed by atoms with Crippen LogP contribution in [0.15, 0.2) is 59.0 Å². The van der Waals surface area contributed by atoms with E-state index in [0.29, 0.717) is 0 Å². The van der Waals surface area contributed by atoms with Crippen molar-refractivity contribution < 1.29 is 27.0 Å². The monoisotopic (exact) mass is 406 g/mol. The fourth-order valence-corrected chi connectivity index (χ4v) is 3.38. The predicted octanol–water partition coefficient (Wildman–Crippen LogP) is 1.86. The van der Waals surface area contributed by atoms with Crippen LogP contribution in [0.3, 0.4) is 0 Å². The zero-order valence-corrected chi connectivity index (χ0v) is 15.0. The van der Waals surface area contributed by atoms with E-state index in [1.54, 1.807) is 6.07 Å². The number of benzene rings is 2. The van der Waals surface area contributed by atoms with Gasteiger partial charge in [-0.3, -0.25) is 20.2 Å². The molecular formula is C17H11ClN2O6S. The first-order valence-corrected chi connectivity index (χ1v) is 9.22. The van der Waals surface area contributed by atoms with Gasteiger partial charge in [0.1, 0.15) is 16.2 Å². The van der Waals surface area contributed by atoms with Crippen molar-refractivity contribution in [3.05, 3.63) is 64.7 Å². The van der Waals surface area contributed by atoms with E-state index in [1.165, 1.54) is 42.5 Å². The van der Waals surface area contributed by atoms with Gasteiger partial charge < -0.3 is 4.18 Å². The smallest absolute Gasteiger partial charge is 0.339 e. The fourth-order valence-electron chi connectivity index (χ4n) is 2.22. The molecule has 2 aromatic rings. The molecule has 2 aromatic carbocycles. The molecular weight excluding hydrogens is 396 g/mol. The Kier molecular flexibility index (Phi) is 4.98. The average molecular weight is 407 g/mol. The summed E-state index contributed by atoms with van der Waals surface area (Å²) in [5, 5.41) is 4.06. The Hall–Kier alpha value is -3.17. The second kappa shape index (κ2) is 7.22. The predicted molar refractivity (Wildman–Crippen MR) is 95.4 cm³/mol. The molecule has 0 aliphatic carbocycles. The second-order valence-electron chi connectivity index (χ2n) is 5.33. The normalized spacial score (nSPS) is 14.4. The van der Waals surface area contributed by atoms with Gasteiger partial charge in [-0.2, -0.15) is 8.42 Å². The quantitative estimate of drug-likeness (QED) is 0.454. The maximum Gasteiger partial charge on any atom is 0.339 e. The molecule has 1 aliphatic rings. The molecule has 0 saturated carbocycles. The van der Waals surface area contributed by atoms with Gasteiger partial charge in [-0.15, -0.1) is 0 Å². The molecule has 0 spiro atoms. The summed E-state index contributed by atoms with van der Waals surface area (Å²) in [6.45, 7) is 0. The number of carbonyl (C=O) groups is 3. The Morgan fingerprint density at radius 3 is 2.19 bits per heavy atom. The number of halogens is 1. The van der Waals surface area contributed by atoms with Crippen molar-refractivity contribution in [2.24, 2.45) is 0 Å². The van der Waals surface area contributed by atoms with Crippen LogP contribution in [0.1, 0.15) is 5.56 Å². The minimum atomic E-state index is -4.15. The summed E-state index contributed by atoms with van der Waals surface area (Å²) in [5.74, 6) is -2.01. The third kappa shape index (κ3) is 4.15. The number of hydrogen-bond acceptors (Lipinski definition) is 6. The molecule has 4 amide bonds. The van der Waals surface area contributed by atoms with Gasteiger partial charge in [-0.25, -0.2) is 4.79 Å². The summed E-state index contributed by atoms with van der Waals surface area (Å²) >= 11 is 5.93. The van der Waals surface area contributed by atoms with Gasteiger partial charge >= 0.3 is 16.1 Å². The van der Waals surface area contributed by atoms with Crippen LogP contribution in [0, 0.1) is 0 Å². The summed E-state index contributed by atoms with van der Waals surface area (Å²) in [6, 6.07) is 10.5. The van der Waals surface area contributed by atoms with Crippen LogP contribution >= 0.6 is 11.6 Å². The highest BCUT2D eigenvalue weighted by Crippen LogP contribution is 2.28. The van der Waals surface area contributed by atoms with Gasteiger partial charge in [-0.1, -0.05) is 29.8 Å². The maximum atomic E-state index is 12.4. The first-order chi connectivity index (χ1) is 12.8. The van der Waals surface area contributed by atoms with Crippen LogP contribution in [0.2, 0.25) is 5.02 Å². The average Bonchev–Trinajstić information content (AvgIpc) is 2.61. The third-order valence-electron chi connectivity index (χ3n) is 3.45. The molecule has 1 heterocycles. The van der Waals surface area contributed by atoms with Gasteiger partial charge in [0, 0.05) is 10.6 Å². The van der Waals surface area contributed by atoms with Crippen molar-refractivity contribution in [1.29, 1.82) is 0 Å². The van der Waals surface area contributed by atoms with E-state index in [1.807, 2.05) is 10.6 Å². The molecule has 138 valence electrons. The summed E-state index contributed by atoms with van der Waals surface area (Å²) < 4.78 is 30.0. The third-order valence-corrected chi connectivity index (χ3v) is 4.93. The number of rotatable bonds is 4. The van der Waals surface area contributed by atoms with Crippen molar-refractivity contribution in [3.63, 3.8) is 0 Å². The maximum absolute atomic E-state index is 12.4. The van der Waals surface area contributed by atoms with Gasteiger partial charge in [-0.05, 0) is 36.4 Å². The minimum Gasteiger partial charge on any atom is -0.378 e. The lowest BCUT2D eigenvalue weighted by atomic mass is 10.1. The van der Waals surface area contributed by atoms with Gasteiger partial charge in [0.25, 0.3) is 11.8 Å². The molecule has 2 N–H and O–H groups in total. The topological polar surface area (TPSA) is 119 Å². The first kappa shape index (κ1) is 18.6. The van der Waals surface area contributed by atoms with E-state index in [-0.39, 0.29) is 21.2 Å². The zero-order valence-electron chi connectivity index (χ0n) is 13.4. The van der Waals surface area contributed by atoms with Crippen LogP contribution in [0.4, 0.5) is 4.79 Å². The van der Waals surface area contributed by atoms with Gasteiger partial charge in [0.15, 0.2) is 0 Å². The van der Waals surface area contributed by atoms with Crippen LogP contribution in [0.5, 0.6) is 5.75 Å². The highest BCUT2D eigenvalue weighted by molar-refractivity contribution is 7.87. The SMILES string of the molecule is O=C1NC(=O)C(=Cc2cc(Cl)ccc2OS(=O)(=O)c2ccccc2)C(=O)N1. The Morgan fingerprint density at radius 2 is 1.56 bits per heavy atom. The van der Waals surface area contributed by atoms with Crippen molar-refractivity contribution >= 4 is 45.6 Å². The summed E-state index contributed by atoms with van der Waals surface area (Å²) in [5.41, 5.74) is -0.338. The van der Waals surface area contributed by atoms with Crippen molar-refractivity contribution in [2.75, 3.05) is 0 Å². The fraction of sp³-hybridized carbons (Fsp3) is 0. The van der Waals surface area contributed by atoms with E-state index in [4.69, 9.17) is 15.8 Å². The second-order valence-corrected chi connectivity index (χ2v) is 7.31. The van der Waals surface area contributed by atoms with E-state index >= 15 is 0 Å². The highest BCUT2D eigenvalue weighted by Gasteiger charge is 2.28. The van der Waals surface area contributed by atoms with Crippen molar-refractivity contribution in [2.45, 2.75) is 4.90 Å². The minimum absolute atomic E-state index is 0.0663. The molecule has 0 atom stereocenters. The lowest BCUT2D eigenvalue weighted by Crippen LogP contribution is -2.51. The number of nitrogens with one attached hydrogen (secondary N) is 2. The molecule has 10 heteroatoms. The molecule has 0 bridgehead atoms. The molecule has 3 rings (SSSR count). The number of carbonyl (C=O) groups excluding carboxylic acids is 3. The summed E-state index contributed by atoms with van der Waals surface area (Å²) in [7, 11) is -4.15. The highest BCUT2D eigenvalue weighted by atomic mass is 35.5.